The highest BCUT2D eigenvalue weighted by atomic mass is 79.9. The van der Waals surface area contributed by atoms with Crippen LogP contribution < -0.4 is 5.32 Å². The average molecular weight is 356 g/mol. The Balaban J connectivity index is 2.25. The fraction of sp³-hybridized carbons (Fsp3) is 0.154. The molecule has 4 heteroatoms. The lowest BCUT2D eigenvalue weighted by atomic mass is 10.2. The van der Waals surface area contributed by atoms with Gasteiger partial charge in [0.1, 0.15) is 5.82 Å². The molecule has 0 aliphatic heterocycles. The van der Waals surface area contributed by atoms with Crippen LogP contribution in [0.5, 0.6) is 0 Å². The minimum Gasteiger partial charge on any atom is -0.340 e. The molecule has 0 saturated heterocycles. The van der Waals surface area contributed by atoms with Crippen LogP contribution in [0.2, 0.25) is 0 Å². The predicted molar refractivity (Wildman–Crippen MR) is 78.8 cm³/mol. The average Bonchev–Trinajstić information content (AvgIpc) is 2.29. The van der Waals surface area contributed by atoms with Gasteiger partial charge in [0.2, 0.25) is 0 Å². The van der Waals surface area contributed by atoms with Crippen LogP contribution in [0.15, 0.2) is 39.3 Å². The van der Waals surface area contributed by atoms with E-state index >= 15 is 0 Å². The molecular formula is C13H12Br2N2. The Bertz CT molecular complexity index is 504. The zero-order chi connectivity index (χ0) is 12.4. The molecule has 1 heterocycles. The first-order valence-electron chi connectivity index (χ1n) is 5.22. The van der Waals surface area contributed by atoms with E-state index in [-0.39, 0.29) is 0 Å². The van der Waals surface area contributed by atoms with Crippen molar-refractivity contribution in [1.82, 2.24) is 4.98 Å². The van der Waals surface area contributed by atoms with Gasteiger partial charge in [-0.25, -0.2) is 4.98 Å². The molecule has 2 aromatic rings. The molecule has 17 heavy (non-hydrogen) atoms. The van der Waals surface area contributed by atoms with Gasteiger partial charge >= 0.3 is 0 Å². The van der Waals surface area contributed by atoms with E-state index in [1.54, 1.807) is 0 Å². The molecule has 88 valence electrons. The fourth-order valence-corrected chi connectivity index (χ4v) is 2.03. The molecule has 0 spiro atoms. The van der Waals surface area contributed by atoms with Gasteiger partial charge in [0.25, 0.3) is 0 Å². The number of pyridine rings is 1. The second-order valence-corrected chi connectivity index (χ2v) is 5.56. The van der Waals surface area contributed by atoms with Crippen LogP contribution in [0.3, 0.4) is 0 Å². The minimum atomic E-state index is 0.849. The Hall–Kier alpha value is -0.870. The van der Waals surface area contributed by atoms with E-state index in [1.165, 1.54) is 5.56 Å². The summed E-state index contributed by atoms with van der Waals surface area (Å²) >= 11 is 6.96. The first-order chi connectivity index (χ1) is 8.06. The van der Waals surface area contributed by atoms with E-state index in [0.717, 1.165) is 26.1 Å². The number of anilines is 2. The third-order valence-corrected chi connectivity index (χ3v) is 4.16. The summed E-state index contributed by atoms with van der Waals surface area (Å²) in [6.07, 6.45) is 0. The Morgan fingerprint density at radius 3 is 2.41 bits per heavy atom. The maximum Gasteiger partial charge on any atom is 0.130 e. The Morgan fingerprint density at radius 1 is 1.00 bits per heavy atom. The lowest BCUT2D eigenvalue weighted by Crippen LogP contribution is -1.95. The molecule has 0 amide bonds. The zero-order valence-electron chi connectivity index (χ0n) is 9.59. The van der Waals surface area contributed by atoms with Gasteiger partial charge in [-0.05, 0) is 59.6 Å². The van der Waals surface area contributed by atoms with Gasteiger partial charge in [0.05, 0.1) is 5.69 Å². The predicted octanol–water partition coefficient (Wildman–Crippen LogP) is 4.97. The second-order valence-electron chi connectivity index (χ2n) is 3.85. The monoisotopic (exact) mass is 354 g/mol. The normalized spacial score (nSPS) is 10.4. The van der Waals surface area contributed by atoms with Crippen molar-refractivity contribution < 1.29 is 0 Å². The molecule has 1 aromatic carbocycles. The van der Waals surface area contributed by atoms with E-state index < -0.39 is 0 Å². The lowest BCUT2D eigenvalue weighted by Gasteiger charge is -2.08. The molecule has 0 aliphatic rings. The van der Waals surface area contributed by atoms with Crippen LogP contribution in [0.4, 0.5) is 11.5 Å². The molecule has 0 atom stereocenters. The smallest absolute Gasteiger partial charge is 0.130 e. The van der Waals surface area contributed by atoms with Crippen LogP contribution in [0.25, 0.3) is 0 Å². The van der Waals surface area contributed by atoms with Crippen molar-refractivity contribution in [2.24, 2.45) is 0 Å². The van der Waals surface area contributed by atoms with Crippen molar-refractivity contribution in [3.63, 3.8) is 0 Å². The van der Waals surface area contributed by atoms with Crippen LogP contribution in [0, 0.1) is 13.8 Å². The molecule has 0 saturated carbocycles. The highest BCUT2D eigenvalue weighted by Crippen LogP contribution is 2.24. The van der Waals surface area contributed by atoms with E-state index in [0.29, 0.717) is 0 Å². The van der Waals surface area contributed by atoms with Gasteiger partial charge < -0.3 is 5.32 Å². The largest absolute Gasteiger partial charge is 0.340 e. The van der Waals surface area contributed by atoms with Crippen molar-refractivity contribution in [2.45, 2.75) is 13.8 Å². The van der Waals surface area contributed by atoms with E-state index in [1.807, 2.05) is 31.2 Å². The van der Waals surface area contributed by atoms with Crippen molar-refractivity contribution in [3.8, 4) is 0 Å². The summed E-state index contributed by atoms with van der Waals surface area (Å²) in [7, 11) is 0. The number of hydrogen-bond acceptors (Lipinski definition) is 2. The SMILES string of the molecule is Cc1ccc(Nc2ccc(Br)c(C)n2)cc1Br. The molecule has 0 unspecified atom stereocenters. The summed E-state index contributed by atoms with van der Waals surface area (Å²) in [6, 6.07) is 10.1. The summed E-state index contributed by atoms with van der Waals surface area (Å²) in [6.45, 7) is 4.04. The molecule has 1 N–H and O–H groups in total. The number of rotatable bonds is 2. The van der Waals surface area contributed by atoms with Crippen molar-refractivity contribution >= 4 is 43.4 Å². The highest BCUT2D eigenvalue weighted by molar-refractivity contribution is 9.10. The van der Waals surface area contributed by atoms with Crippen LogP contribution >= 0.6 is 31.9 Å². The van der Waals surface area contributed by atoms with Gasteiger partial charge in [0, 0.05) is 14.6 Å². The first kappa shape index (κ1) is 12.6. The lowest BCUT2D eigenvalue weighted by molar-refractivity contribution is 1.18. The molecule has 0 fully saturated rings. The van der Waals surface area contributed by atoms with E-state index in [9.17, 15) is 0 Å². The first-order valence-corrected chi connectivity index (χ1v) is 6.81. The van der Waals surface area contributed by atoms with Gasteiger partial charge in [-0.15, -0.1) is 0 Å². The summed E-state index contributed by atoms with van der Waals surface area (Å²) in [5, 5.41) is 3.28. The standard InChI is InChI=1S/C13H12Br2N2/c1-8-3-4-10(7-12(8)15)17-13-6-5-11(14)9(2)16-13/h3-7H,1-2H3,(H,16,17). The number of nitrogens with one attached hydrogen (secondary N) is 1. The van der Waals surface area contributed by atoms with E-state index in [4.69, 9.17) is 0 Å². The van der Waals surface area contributed by atoms with Crippen molar-refractivity contribution in [1.29, 1.82) is 0 Å². The number of nitrogens with zero attached hydrogens (tertiary/aromatic N) is 1. The maximum atomic E-state index is 4.45. The fourth-order valence-electron chi connectivity index (χ4n) is 1.43. The molecule has 0 bridgehead atoms. The van der Waals surface area contributed by atoms with Crippen molar-refractivity contribution in [3.05, 3.63) is 50.5 Å². The quantitative estimate of drug-likeness (QED) is 0.822. The summed E-state index contributed by atoms with van der Waals surface area (Å²) in [5.74, 6) is 0.849. The number of hydrogen-bond donors (Lipinski definition) is 1. The number of halogens is 2. The molecule has 0 aliphatic carbocycles. The maximum absolute atomic E-state index is 4.45. The Labute approximate surface area is 118 Å². The molecule has 2 nitrogen and oxygen atoms in total. The minimum absolute atomic E-state index is 0.849. The Kier molecular flexibility index (Phi) is 3.84. The van der Waals surface area contributed by atoms with E-state index in [2.05, 4.69) is 55.2 Å². The Morgan fingerprint density at radius 2 is 1.76 bits per heavy atom. The third-order valence-electron chi connectivity index (χ3n) is 2.47. The van der Waals surface area contributed by atoms with Gasteiger partial charge in [-0.1, -0.05) is 22.0 Å². The number of benzene rings is 1. The van der Waals surface area contributed by atoms with Crippen LogP contribution in [-0.2, 0) is 0 Å². The third kappa shape index (κ3) is 3.07. The topological polar surface area (TPSA) is 24.9 Å². The van der Waals surface area contributed by atoms with Gasteiger partial charge in [0.15, 0.2) is 0 Å². The summed E-state index contributed by atoms with van der Waals surface area (Å²) in [4.78, 5) is 4.45. The summed E-state index contributed by atoms with van der Waals surface area (Å²) < 4.78 is 2.12. The molecule has 1 aromatic heterocycles. The second kappa shape index (κ2) is 5.19. The molecular weight excluding hydrogens is 344 g/mol. The van der Waals surface area contributed by atoms with Crippen LogP contribution in [-0.4, -0.2) is 4.98 Å². The number of aryl methyl sites for hydroxylation is 2. The summed E-state index contributed by atoms with van der Waals surface area (Å²) in [5.41, 5.74) is 3.22. The molecule has 0 radical (unpaired) electrons. The van der Waals surface area contributed by atoms with Gasteiger partial charge in [-0.3, -0.25) is 0 Å². The zero-order valence-corrected chi connectivity index (χ0v) is 12.8. The van der Waals surface area contributed by atoms with Crippen LogP contribution in [0.1, 0.15) is 11.3 Å². The van der Waals surface area contributed by atoms with Crippen molar-refractivity contribution in [2.75, 3.05) is 5.32 Å². The number of aromatic nitrogens is 1. The molecule has 2 rings (SSSR count). The van der Waals surface area contributed by atoms with Gasteiger partial charge in [-0.2, -0.15) is 0 Å². The highest BCUT2D eigenvalue weighted by Gasteiger charge is 2.01.